The first-order valence-electron chi connectivity index (χ1n) is 3.99. The number of nitriles is 1. The van der Waals surface area contributed by atoms with Crippen molar-refractivity contribution in [1.29, 1.82) is 5.26 Å². The lowest BCUT2D eigenvalue weighted by atomic mass is 10.1. The maximum absolute atomic E-state index is 11.8. The smallest absolute Gasteiger partial charge is 0.228 e. The molecule has 0 atom stereocenters. The van der Waals surface area contributed by atoms with Gasteiger partial charge in [-0.2, -0.15) is 5.26 Å². The third kappa shape index (κ3) is 2.80. The van der Waals surface area contributed by atoms with Gasteiger partial charge in [0.2, 0.25) is 9.02 Å². The van der Waals surface area contributed by atoms with E-state index in [0.29, 0.717) is 11.3 Å². The van der Waals surface area contributed by atoms with Gasteiger partial charge in [-0.25, -0.2) is 0 Å². The van der Waals surface area contributed by atoms with Crippen LogP contribution in [0, 0.1) is 11.3 Å². The molecule has 0 bridgehead atoms. The molecule has 1 aromatic carbocycles. The van der Waals surface area contributed by atoms with Crippen LogP contribution in [0.25, 0.3) is 0 Å². The van der Waals surface area contributed by atoms with Gasteiger partial charge in [0.15, 0.2) is 0 Å². The summed E-state index contributed by atoms with van der Waals surface area (Å²) in [5.41, 5.74) is 0.407. The van der Waals surface area contributed by atoms with Gasteiger partial charge in [0.05, 0.1) is 7.11 Å². The van der Waals surface area contributed by atoms with Gasteiger partial charge in [-0.3, -0.25) is 4.79 Å². The zero-order valence-electron chi connectivity index (χ0n) is 7.83. The molecule has 0 N–H and O–H groups in total. The van der Waals surface area contributed by atoms with Crippen LogP contribution in [0.4, 0.5) is 0 Å². The van der Waals surface area contributed by atoms with Crippen LogP contribution in [0.3, 0.4) is 0 Å². The predicted molar refractivity (Wildman–Crippen MR) is 63.5 cm³/mol. The number of ether oxygens (including phenoxy) is 1. The molecular weight excluding hydrogens is 326 g/mol. The van der Waals surface area contributed by atoms with Gasteiger partial charge in [-0.15, -0.1) is 0 Å². The lowest BCUT2D eigenvalue weighted by Crippen LogP contribution is -2.22. The van der Waals surface area contributed by atoms with E-state index < -0.39 is 3.23 Å². The number of Topliss-reactive ketones (excluding diaryl/α,β-unsaturated/α-hetero) is 1. The molecule has 3 nitrogen and oxygen atoms in total. The highest BCUT2D eigenvalue weighted by molar-refractivity contribution is 9.26. The van der Waals surface area contributed by atoms with E-state index in [1.165, 1.54) is 7.11 Å². The number of benzene rings is 1. The lowest BCUT2D eigenvalue weighted by Gasteiger charge is -2.10. The van der Waals surface area contributed by atoms with Crippen molar-refractivity contribution in [2.75, 3.05) is 7.11 Å². The SMILES string of the molecule is COc1cccc(C(=O)C(Br)(Br)C#N)c1. The second-order valence-electron chi connectivity index (χ2n) is 2.75. The monoisotopic (exact) mass is 331 g/mol. The van der Waals surface area contributed by atoms with E-state index in [4.69, 9.17) is 10.00 Å². The minimum Gasteiger partial charge on any atom is -0.497 e. The molecule has 0 aliphatic heterocycles. The van der Waals surface area contributed by atoms with Gasteiger partial charge < -0.3 is 4.74 Å². The summed E-state index contributed by atoms with van der Waals surface area (Å²) < 4.78 is 3.62. The first kappa shape index (κ1) is 12.2. The molecule has 1 rings (SSSR count). The van der Waals surface area contributed by atoms with Crippen molar-refractivity contribution in [1.82, 2.24) is 0 Å². The second-order valence-corrected chi connectivity index (χ2v) is 6.19. The first-order chi connectivity index (χ1) is 7.01. The van der Waals surface area contributed by atoms with Crippen molar-refractivity contribution in [3.05, 3.63) is 29.8 Å². The van der Waals surface area contributed by atoms with Crippen LogP contribution in [-0.4, -0.2) is 16.1 Å². The van der Waals surface area contributed by atoms with Crippen molar-refractivity contribution in [2.45, 2.75) is 3.23 Å². The van der Waals surface area contributed by atoms with Crippen molar-refractivity contribution < 1.29 is 9.53 Å². The molecule has 15 heavy (non-hydrogen) atoms. The van der Waals surface area contributed by atoms with Crippen LogP contribution < -0.4 is 4.74 Å². The lowest BCUT2D eigenvalue weighted by molar-refractivity contribution is 0.0997. The molecule has 0 saturated carbocycles. The van der Waals surface area contributed by atoms with Gasteiger partial charge >= 0.3 is 0 Å². The van der Waals surface area contributed by atoms with Crippen LogP contribution in [0.15, 0.2) is 24.3 Å². The van der Waals surface area contributed by atoms with Crippen molar-refractivity contribution in [3.63, 3.8) is 0 Å². The summed E-state index contributed by atoms with van der Waals surface area (Å²) in [7, 11) is 1.52. The highest BCUT2D eigenvalue weighted by Gasteiger charge is 2.33. The normalized spacial score (nSPS) is 10.5. The maximum Gasteiger partial charge on any atom is 0.228 e. The summed E-state index contributed by atoms with van der Waals surface area (Å²) in [4.78, 5) is 11.8. The number of methoxy groups -OCH3 is 1. The standard InChI is InChI=1S/C10H7Br2NO2/c1-15-8-4-2-3-7(5-8)9(14)10(11,12)6-13/h2-5H,1H3. The molecular formula is C10H7Br2NO2. The zero-order chi connectivity index (χ0) is 11.5. The van der Waals surface area contributed by atoms with E-state index >= 15 is 0 Å². The fourth-order valence-corrected chi connectivity index (χ4v) is 1.45. The molecule has 0 heterocycles. The quantitative estimate of drug-likeness (QED) is 0.631. The van der Waals surface area contributed by atoms with Crippen molar-refractivity contribution in [2.24, 2.45) is 0 Å². The topological polar surface area (TPSA) is 50.1 Å². The van der Waals surface area contributed by atoms with E-state index in [1.54, 1.807) is 24.3 Å². The van der Waals surface area contributed by atoms with Gasteiger partial charge in [-0.1, -0.05) is 12.1 Å². The van der Waals surface area contributed by atoms with E-state index in [1.807, 2.05) is 6.07 Å². The molecule has 0 aliphatic carbocycles. The summed E-state index contributed by atoms with van der Waals surface area (Å²) in [5.74, 6) is 0.221. The maximum atomic E-state index is 11.8. The summed E-state index contributed by atoms with van der Waals surface area (Å²) in [6, 6.07) is 8.45. The Kier molecular flexibility index (Phi) is 3.89. The Morgan fingerprint density at radius 1 is 1.53 bits per heavy atom. The van der Waals surface area contributed by atoms with Crippen LogP contribution in [0.5, 0.6) is 5.75 Å². The average Bonchev–Trinajstić information content (AvgIpc) is 2.28. The highest BCUT2D eigenvalue weighted by atomic mass is 79.9. The molecule has 0 aliphatic rings. The predicted octanol–water partition coefficient (Wildman–Crippen LogP) is 2.89. The number of nitrogens with zero attached hydrogens (tertiary/aromatic N) is 1. The Bertz CT molecular complexity index is 424. The Balaban J connectivity index is 3.08. The Hall–Kier alpha value is -0.860. The van der Waals surface area contributed by atoms with Gasteiger partial charge in [-0.05, 0) is 44.0 Å². The largest absolute Gasteiger partial charge is 0.497 e. The van der Waals surface area contributed by atoms with Crippen LogP contribution in [0.1, 0.15) is 10.4 Å². The highest BCUT2D eigenvalue weighted by Crippen LogP contribution is 2.30. The summed E-state index contributed by atoms with van der Waals surface area (Å²) in [5, 5.41) is 8.76. The van der Waals surface area contributed by atoms with Crippen LogP contribution in [0.2, 0.25) is 0 Å². The molecule has 0 amide bonds. The minimum absolute atomic E-state index is 0.357. The average molecular weight is 333 g/mol. The molecule has 0 fully saturated rings. The van der Waals surface area contributed by atoms with Crippen LogP contribution >= 0.6 is 31.9 Å². The molecule has 5 heteroatoms. The zero-order valence-corrected chi connectivity index (χ0v) is 11.0. The van der Waals surface area contributed by atoms with Gasteiger partial charge in [0.25, 0.3) is 0 Å². The number of ketones is 1. The third-order valence-corrected chi connectivity index (χ3v) is 2.83. The Morgan fingerprint density at radius 2 is 2.20 bits per heavy atom. The van der Waals surface area contributed by atoms with E-state index in [2.05, 4.69) is 31.9 Å². The Morgan fingerprint density at radius 3 is 2.73 bits per heavy atom. The molecule has 1 aromatic rings. The van der Waals surface area contributed by atoms with Crippen molar-refractivity contribution >= 4 is 37.6 Å². The van der Waals surface area contributed by atoms with E-state index in [-0.39, 0.29) is 5.78 Å². The van der Waals surface area contributed by atoms with E-state index in [9.17, 15) is 4.79 Å². The van der Waals surface area contributed by atoms with Gasteiger partial charge in [0, 0.05) is 5.56 Å². The number of hydrogen-bond donors (Lipinski definition) is 0. The van der Waals surface area contributed by atoms with Gasteiger partial charge in [0.1, 0.15) is 11.8 Å². The number of alkyl halides is 2. The summed E-state index contributed by atoms with van der Waals surface area (Å²) in [6.07, 6.45) is 0. The number of hydrogen-bond acceptors (Lipinski definition) is 3. The number of halogens is 2. The summed E-state index contributed by atoms with van der Waals surface area (Å²) >= 11 is 5.99. The molecule has 0 radical (unpaired) electrons. The Labute approximate surface area is 104 Å². The second kappa shape index (κ2) is 4.77. The van der Waals surface area contributed by atoms with E-state index in [0.717, 1.165) is 0 Å². The summed E-state index contributed by atoms with van der Waals surface area (Å²) in [6.45, 7) is 0. The minimum atomic E-state index is -1.37. The number of carbonyl (C=O) groups is 1. The number of carbonyl (C=O) groups excluding carboxylic acids is 1. The molecule has 0 saturated heterocycles. The third-order valence-electron chi connectivity index (χ3n) is 1.76. The van der Waals surface area contributed by atoms with Crippen LogP contribution in [-0.2, 0) is 0 Å². The molecule has 0 spiro atoms. The molecule has 78 valence electrons. The fraction of sp³-hybridized carbons (Fsp3) is 0.200. The molecule has 0 unspecified atom stereocenters. The fourth-order valence-electron chi connectivity index (χ4n) is 0.996. The number of rotatable bonds is 3. The van der Waals surface area contributed by atoms with Crippen molar-refractivity contribution in [3.8, 4) is 11.8 Å². The molecule has 0 aromatic heterocycles. The first-order valence-corrected chi connectivity index (χ1v) is 5.58.